The molecule has 1 rings (SSSR count). The molecule has 7 heteroatoms. The molecule has 0 aliphatic carbocycles. The fourth-order valence-corrected chi connectivity index (χ4v) is 0.955. The van der Waals surface area contributed by atoms with Gasteiger partial charge in [0.25, 0.3) is 0 Å². The number of hydrogen-bond acceptors (Lipinski definition) is 5. The van der Waals surface area contributed by atoms with E-state index in [0.717, 1.165) is 0 Å². The molecule has 1 atom stereocenters. The van der Waals surface area contributed by atoms with Crippen LogP contribution in [-0.2, 0) is 4.79 Å². The fraction of sp³-hybridized carbons (Fsp3) is 0.375. The third-order valence-corrected chi connectivity index (χ3v) is 1.72. The van der Waals surface area contributed by atoms with E-state index in [9.17, 15) is 4.79 Å². The number of amides is 1. The number of hydrogen-bond donors (Lipinski definition) is 2. The fourth-order valence-electron chi connectivity index (χ4n) is 0.781. The van der Waals surface area contributed by atoms with Gasteiger partial charge in [0.2, 0.25) is 17.7 Å². The summed E-state index contributed by atoms with van der Waals surface area (Å²) in [6.45, 7) is 1.55. The molecule has 6 nitrogen and oxygen atoms in total. The molecule has 1 aromatic rings. The van der Waals surface area contributed by atoms with Gasteiger partial charge < -0.3 is 10.5 Å². The van der Waals surface area contributed by atoms with E-state index in [1.54, 1.807) is 6.92 Å². The summed E-state index contributed by atoms with van der Waals surface area (Å²) in [5.41, 5.74) is 5.36. The monoisotopic (exact) mass is 230 g/mol. The first-order valence-corrected chi connectivity index (χ1v) is 4.55. The van der Waals surface area contributed by atoms with Crippen molar-refractivity contribution >= 4 is 23.5 Å². The Morgan fingerprint density at radius 3 is 2.87 bits per heavy atom. The Hall–Kier alpha value is -1.40. The molecule has 0 bridgehead atoms. The van der Waals surface area contributed by atoms with Crippen molar-refractivity contribution in [3.8, 4) is 5.88 Å². The maximum Gasteiger partial charge on any atom is 0.243 e. The van der Waals surface area contributed by atoms with E-state index in [2.05, 4.69) is 15.3 Å². The minimum atomic E-state index is -0.640. The number of anilines is 1. The Balaban J connectivity index is 2.85. The average Bonchev–Trinajstić information content (AvgIpc) is 2.16. The molecular weight excluding hydrogens is 220 g/mol. The molecule has 0 radical (unpaired) electrons. The Kier molecular flexibility index (Phi) is 3.81. The van der Waals surface area contributed by atoms with Gasteiger partial charge in [-0.25, -0.2) is 4.98 Å². The Morgan fingerprint density at radius 2 is 2.33 bits per heavy atom. The topological polar surface area (TPSA) is 90.1 Å². The van der Waals surface area contributed by atoms with E-state index in [0.29, 0.717) is 0 Å². The molecule has 0 aromatic carbocycles. The van der Waals surface area contributed by atoms with Gasteiger partial charge >= 0.3 is 0 Å². The van der Waals surface area contributed by atoms with Crippen LogP contribution in [0.3, 0.4) is 0 Å². The number of nitrogens with two attached hydrogens (primary N) is 1. The van der Waals surface area contributed by atoms with Gasteiger partial charge in [0, 0.05) is 6.07 Å². The number of rotatable bonds is 3. The summed E-state index contributed by atoms with van der Waals surface area (Å²) in [7, 11) is 1.44. The second-order valence-corrected chi connectivity index (χ2v) is 3.22. The highest BCUT2D eigenvalue weighted by Gasteiger charge is 2.10. The summed E-state index contributed by atoms with van der Waals surface area (Å²) >= 11 is 5.68. The lowest BCUT2D eigenvalue weighted by Crippen LogP contribution is -2.33. The lowest BCUT2D eigenvalue weighted by molar-refractivity contribution is -0.117. The van der Waals surface area contributed by atoms with Crippen molar-refractivity contribution < 1.29 is 9.53 Å². The van der Waals surface area contributed by atoms with Gasteiger partial charge in [-0.05, 0) is 6.92 Å². The van der Waals surface area contributed by atoms with Crippen LogP contribution in [-0.4, -0.2) is 29.0 Å². The lowest BCUT2D eigenvalue weighted by Gasteiger charge is -2.07. The third kappa shape index (κ3) is 3.34. The average molecular weight is 231 g/mol. The summed E-state index contributed by atoms with van der Waals surface area (Å²) in [5.74, 6) is -0.0454. The van der Waals surface area contributed by atoms with E-state index in [1.807, 2.05) is 0 Å². The molecule has 0 spiro atoms. The van der Waals surface area contributed by atoms with Crippen molar-refractivity contribution in [2.75, 3.05) is 12.4 Å². The standard InChI is InChI=1S/C8H11ClN4O2/c1-4(10)7(14)13-8-11-5(9)3-6(12-8)15-2/h3-4H,10H2,1-2H3,(H,11,12,13,14)/t4-/m0/s1. The third-order valence-electron chi connectivity index (χ3n) is 1.53. The molecule has 0 fully saturated rings. The summed E-state index contributed by atoms with van der Waals surface area (Å²) < 4.78 is 4.86. The first kappa shape index (κ1) is 11.7. The molecule has 0 saturated carbocycles. The highest BCUT2D eigenvalue weighted by Crippen LogP contribution is 2.15. The number of nitrogens with zero attached hydrogens (tertiary/aromatic N) is 2. The number of ether oxygens (including phenoxy) is 1. The number of carbonyl (C=O) groups is 1. The molecule has 0 aliphatic heterocycles. The van der Waals surface area contributed by atoms with Crippen molar-refractivity contribution in [2.24, 2.45) is 5.73 Å². The van der Waals surface area contributed by atoms with Crippen LogP contribution < -0.4 is 15.8 Å². The molecule has 0 unspecified atom stereocenters. The molecular formula is C8H11ClN4O2. The maximum absolute atomic E-state index is 11.2. The number of methoxy groups -OCH3 is 1. The van der Waals surface area contributed by atoms with Crippen LogP contribution >= 0.6 is 11.6 Å². The summed E-state index contributed by atoms with van der Waals surface area (Å²) in [6.07, 6.45) is 0. The summed E-state index contributed by atoms with van der Waals surface area (Å²) in [6, 6.07) is 0.793. The molecule has 0 saturated heterocycles. The van der Waals surface area contributed by atoms with E-state index in [4.69, 9.17) is 22.1 Å². The van der Waals surface area contributed by atoms with Crippen molar-refractivity contribution in [2.45, 2.75) is 13.0 Å². The zero-order valence-corrected chi connectivity index (χ0v) is 9.08. The Morgan fingerprint density at radius 1 is 1.67 bits per heavy atom. The van der Waals surface area contributed by atoms with Gasteiger partial charge in [-0.1, -0.05) is 11.6 Å². The van der Waals surface area contributed by atoms with Crippen LogP contribution in [0.25, 0.3) is 0 Å². The van der Waals surface area contributed by atoms with Crippen molar-refractivity contribution in [1.82, 2.24) is 9.97 Å². The van der Waals surface area contributed by atoms with E-state index < -0.39 is 6.04 Å². The van der Waals surface area contributed by atoms with Crippen molar-refractivity contribution in [3.05, 3.63) is 11.2 Å². The van der Waals surface area contributed by atoms with Crippen LogP contribution in [0.5, 0.6) is 5.88 Å². The highest BCUT2D eigenvalue weighted by molar-refractivity contribution is 6.29. The number of halogens is 1. The van der Waals surface area contributed by atoms with E-state index >= 15 is 0 Å². The Labute approximate surface area is 91.8 Å². The zero-order chi connectivity index (χ0) is 11.4. The van der Waals surface area contributed by atoms with Crippen LogP contribution in [0.1, 0.15) is 6.92 Å². The molecule has 1 aromatic heterocycles. The first-order valence-electron chi connectivity index (χ1n) is 4.18. The van der Waals surface area contributed by atoms with Crippen LogP contribution in [0.2, 0.25) is 5.15 Å². The van der Waals surface area contributed by atoms with Crippen LogP contribution in [0.15, 0.2) is 6.07 Å². The molecule has 82 valence electrons. The maximum atomic E-state index is 11.2. The summed E-state index contributed by atoms with van der Waals surface area (Å²) in [5, 5.41) is 2.59. The van der Waals surface area contributed by atoms with Gasteiger partial charge in [0.1, 0.15) is 5.15 Å². The van der Waals surface area contributed by atoms with E-state index in [1.165, 1.54) is 13.2 Å². The molecule has 0 aliphatic rings. The normalized spacial score (nSPS) is 12.0. The predicted molar refractivity (Wildman–Crippen MR) is 55.9 cm³/mol. The van der Waals surface area contributed by atoms with Gasteiger partial charge in [0.05, 0.1) is 13.2 Å². The second-order valence-electron chi connectivity index (χ2n) is 2.83. The number of carbonyl (C=O) groups excluding carboxylic acids is 1. The largest absolute Gasteiger partial charge is 0.481 e. The summed E-state index contributed by atoms with van der Waals surface area (Å²) in [4.78, 5) is 18.9. The Bertz CT molecular complexity index is 370. The highest BCUT2D eigenvalue weighted by atomic mass is 35.5. The first-order chi connectivity index (χ1) is 7.02. The molecule has 3 N–H and O–H groups in total. The predicted octanol–water partition coefficient (Wildman–Crippen LogP) is 0.424. The molecule has 1 amide bonds. The van der Waals surface area contributed by atoms with Crippen LogP contribution in [0, 0.1) is 0 Å². The van der Waals surface area contributed by atoms with Gasteiger partial charge in [0.15, 0.2) is 0 Å². The lowest BCUT2D eigenvalue weighted by atomic mass is 10.3. The number of aromatic nitrogens is 2. The zero-order valence-electron chi connectivity index (χ0n) is 8.32. The van der Waals surface area contributed by atoms with Crippen molar-refractivity contribution in [1.29, 1.82) is 0 Å². The van der Waals surface area contributed by atoms with Gasteiger partial charge in [-0.3, -0.25) is 10.1 Å². The smallest absolute Gasteiger partial charge is 0.243 e. The number of nitrogens with one attached hydrogen (secondary N) is 1. The molecule has 1 heterocycles. The SMILES string of the molecule is COc1cc(Cl)nc(NC(=O)[C@H](C)N)n1. The van der Waals surface area contributed by atoms with Crippen molar-refractivity contribution in [3.63, 3.8) is 0 Å². The van der Waals surface area contributed by atoms with E-state index in [-0.39, 0.29) is 22.9 Å². The van der Waals surface area contributed by atoms with Crippen LogP contribution in [0.4, 0.5) is 5.95 Å². The van der Waals surface area contributed by atoms with Gasteiger partial charge in [-0.2, -0.15) is 4.98 Å². The van der Waals surface area contributed by atoms with Gasteiger partial charge in [-0.15, -0.1) is 0 Å². The molecule has 15 heavy (non-hydrogen) atoms. The minimum absolute atomic E-state index is 0.0710. The quantitative estimate of drug-likeness (QED) is 0.735. The minimum Gasteiger partial charge on any atom is -0.481 e. The second kappa shape index (κ2) is 4.90.